The molecule has 12 nitrogen and oxygen atoms in total. The van der Waals surface area contributed by atoms with E-state index in [4.69, 9.17) is 33.2 Å². The maximum absolute atomic E-state index is 11.6. The molecular weight excluding hydrogens is 598 g/mol. The van der Waals surface area contributed by atoms with Crippen molar-refractivity contribution in [3.63, 3.8) is 0 Å². The fraction of sp³-hybridized carbons (Fsp3) is 1.00. The van der Waals surface area contributed by atoms with Crippen molar-refractivity contribution in [3.05, 3.63) is 0 Å². The highest BCUT2D eigenvalue weighted by atomic mass is 16.7. The average Bonchev–Trinajstić information content (AvgIpc) is 3.29. The summed E-state index contributed by atoms with van der Waals surface area (Å²) in [5.74, 6) is -1.23. The monoisotopic (exact) mass is 661 g/mol. The second kappa shape index (κ2) is 14.8. The minimum absolute atomic E-state index is 0.0774. The first-order valence-corrected chi connectivity index (χ1v) is 17.2. The van der Waals surface area contributed by atoms with E-state index in [9.17, 15) is 20.4 Å². The summed E-state index contributed by atoms with van der Waals surface area (Å²) < 4.78 is 45.0. The van der Waals surface area contributed by atoms with Gasteiger partial charge in [-0.1, -0.05) is 27.7 Å². The van der Waals surface area contributed by atoms with Crippen LogP contribution in [0.4, 0.5) is 0 Å². The van der Waals surface area contributed by atoms with Crippen LogP contribution in [-0.4, -0.2) is 138 Å². The Morgan fingerprint density at radius 2 is 1.52 bits per heavy atom. The van der Waals surface area contributed by atoms with Gasteiger partial charge in [-0.05, 0) is 67.5 Å². The SMILES string of the molecule is COC1(C)C[C@H](O[C@@H]2[C@@H](C)[C@@H](O)O[C@@H]([C@H](C)O)[C@@H](C)C3O[C@](C)(C[C@@H]3C)[C@H](O[C@@H]3OC(C)CC(N(C)C)C3O)[C@H]2C)OC(C)[C@@H]1O. The van der Waals surface area contributed by atoms with Crippen LogP contribution in [0.2, 0.25) is 0 Å². The van der Waals surface area contributed by atoms with Crippen molar-refractivity contribution in [2.24, 2.45) is 23.7 Å². The number of nitrogens with zero attached hydrogens (tertiary/aromatic N) is 1. The molecule has 0 aromatic heterocycles. The molecule has 2 bridgehead atoms. The number of rotatable bonds is 7. The summed E-state index contributed by atoms with van der Waals surface area (Å²) in [5, 5.41) is 44.8. The summed E-state index contributed by atoms with van der Waals surface area (Å²) in [6, 6.07) is -0.168. The number of methoxy groups -OCH3 is 1. The van der Waals surface area contributed by atoms with E-state index >= 15 is 0 Å². The van der Waals surface area contributed by atoms with Gasteiger partial charge in [0.25, 0.3) is 0 Å². The summed E-state index contributed by atoms with van der Waals surface area (Å²) in [7, 11) is 5.44. The smallest absolute Gasteiger partial charge is 0.185 e. The lowest BCUT2D eigenvalue weighted by molar-refractivity contribution is -0.323. The molecule has 12 heteroatoms. The highest BCUT2D eigenvalue weighted by Crippen LogP contribution is 2.48. The van der Waals surface area contributed by atoms with E-state index in [0.29, 0.717) is 12.8 Å². The normalized spacial score (nSPS) is 53.2. The summed E-state index contributed by atoms with van der Waals surface area (Å²) in [5.41, 5.74) is -1.76. The maximum Gasteiger partial charge on any atom is 0.185 e. The highest BCUT2D eigenvalue weighted by molar-refractivity contribution is 5.03. The van der Waals surface area contributed by atoms with E-state index in [1.165, 1.54) is 0 Å². The van der Waals surface area contributed by atoms with Crippen LogP contribution in [0.1, 0.15) is 81.6 Å². The number of aliphatic hydroxyl groups is 4. The first kappa shape index (κ1) is 38.3. The second-order valence-electron chi connectivity index (χ2n) is 15.6. The number of aliphatic hydroxyl groups excluding tert-OH is 4. The molecule has 4 aliphatic rings. The Kier molecular flexibility index (Phi) is 12.3. The van der Waals surface area contributed by atoms with Gasteiger partial charge in [-0.3, -0.25) is 0 Å². The Morgan fingerprint density at radius 1 is 0.870 bits per heavy atom. The van der Waals surface area contributed by atoms with Crippen molar-refractivity contribution in [3.8, 4) is 0 Å². The molecule has 4 aliphatic heterocycles. The fourth-order valence-electron chi connectivity index (χ4n) is 8.64. The minimum atomic E-state index is -1.30. The Hall–Kier alpha value is -0.480. The molecule has 46 heavy (non-hydrogen) atoms. The maximum atomic E-state index is 11.6. The van der Waals surface area contributed by atoms with Crippen LogP contribution in [0.5, 0.6) is 0 Å². The molecule has 0 radical (unpaired) electrons. The van der Waals surface area contributed by atoms with Crippen LogP contribution >= 0.6 is 0 Å². The van der Waals surface area contributed by atoms with Gasteiger partial charge >= 0.3 is 0 Å². The van der Waals surface area contributed by atoms with Crippen molar-refractivity contribution >= 4 is 0 Å². The van der Waals surface area contributed by atoms with Crippen LogP contribution in [0.25, 0.3) is 0 Å². The predicted molar refractivity (Wildman–Crippen MR) is 170 cm³/mol. The van der Waals surface area contributed by atoms with Gasteiger partial charge in [-0.15, -0.1) is 0 Å². The van der Waals surface area contributed by atoms with Crippen LogP contribution in [0, 0.1) is 23.7 Å². The number of fused-ring (bicyclic) bond motifs is 2. The van der Waals surface area contributed by atoms with Gasteiger partial charge in [0, 0.05) is 37.3 Å². The zero-order chi connectivity index (χ0) is 34.5. The third-order valence-electron chi connectivity index (χ3n) is 11.4. The quantitative estimate of drug-likeness (QED) is 0.317. The molecule has 19 atom stereocenters. The van der Waals surface area contributed by atoms with E-state index in [2.05, 4.69) is 6.92 Å². The zero-order valence-electron chi connectivity index (χ0n) is 30.0. The molecule has 4 fully saturated rings. The van der Waals surface area contributed by atoms with E-state index in [1.807, 2.05) is 60.5 Å². The molecule has 4 heterocycles. The second-order valence-corrected chi connectivity index (χ2v) is 15.6. The standard InChI is InChI=1S/C34H63NO11/c1-16-14-34(9)30(45-32-25(37)23(35(10)11)13-17(2)41-32)19(4)27(43-24-15-33(8,40-12)29(38)22(7)42-24)20(5)31(39)44-28(21(6)36)18(3)26(16)46-34/h16-32,36-39H,13-15H2,1-12H3/t16-,17?,18-,19-,20+,21-,22?,23?,24-,25?,26?,27-,28+,29-,30+,31-,32-,33?,34+/m0/s1. The Balaban J connectivity index is 1.77. The molecule has 0 aromatic carbocycles. The fourth-order valence-corrected chi connectivity index (χ4v) is 8.64. The van der Waals surface area contributed by atoms with Crippen LogP contribution in [0.3, 0.4) is 0 Å². The highest BCUT2D eigenvalue weighted by Gasteiger charge is 2.57. The summed E-state index contributed by atoms with van der Waals surface area (Å²) in [6.45, 7) is 17.2. The van der Waals surface area contributed by atoms with E-state index < -0.39 is 84.6 Å². The van der Waals surface area contributed by atoms with Crippen LogP contribution in [-0.2, 0) is 33.2 Å². The number of likely N-dealkylation sites (N-methyl/N-ethyl adjacent to an activating group) is 1. The number of hydrogen-bond donors (Lipinski definition) is 4. The molecular formula is C34H63NO11. The van der Waals surface area contributed by atoms with E-state index in [0.717, 1.165) is 0 Å². The third-order valence-corrected chi connectivity index (χ3v) is 11.4. The number of hydrogen-bond acceptors (Lipinski definition) is 12. The topological polar surface area (TPSA) is 149 Å². The number of ether oxygens (including phenoxy) is 7. The summed E-state index contributed by atoms with van der Waals surface area (Å²) in [6.07, 6.45) is -7.17. The lowest BCUT2D eigenvalue weighted by Gasteiger charge is -2.49. The first-order chi connectivity index (χ1) is 21.3. The Bertz CT molecular complexity index is 989. The minimum Gasteiger partial charge on any atom is -0.391 e. The average molecular weight is 662 g/mol. The lowest BCUT2D eigenvalue weighted by atomic mass is 9.77. The first-order valence-electron chi connectivity index (χ1n) is 17.2. The largest absolute Gasteiger partial charge is 0.391 e. The molecule has 4 N–H and O–H groups in total. The van der Waals surface area contributed by atoms with Crippen molar-refractivity contribution in [1.82, 2.24) is 4.90 Å². The molecule has 0 aliphatic carbocycles. The van der Waals surface area contributed by atoms with E-state index in [1.54, 1.807) is 21.0 Å². The molecule has 4 saturated heterocycles. The molecule has 4 rings (SSSR count). The summed E-state index contributed by atoms with van der Waals surface area (Å²) in [4.78, 5) is 2.00. The van der Waals surface area contributed by atoms with Gasteiger partial charge in [-0.25, -0.2) is 0 Å². The molecule has 0 amide bonds. The van der Waals surface area contributed by atoms with Gasteiger partial charge in [0.15, 0.2) is 18.9 Å². The van der Waals surface area contributed by atoms with Gasteiger partial charge < -0.3 is 58.5 Å². The van der Waals surface area contributed by atoms with Crippen molar-refractivity contribution in [2.75, 3.05) is 21.2 Å². The molecule has 270 valence electrons. The molecule has 6 unspecified atom stereocenters. The van der Waals surface area contributed by atoms with Gasteiger partial charge in [0.05, 0.1) is 53.9 Å². The lowest BCUT2D eigenvalue weighted by Crippen LogP contribution is -2.60. The van der Waals surface area contributed by atoms with E-state index in [-0.39, 0.29) is 36.5 Å². The predicted octanol–water partition coefficient (Wildman–Crippen LogP) is 2.27. The van der Waals surface area contributed by atoms with Gasteiger partial charge in [0.2, 0.25) is 0 Å². The zero-order valence-corrected chi connectivity index (χ0v) is 30.0. The molecule has 0 spiro atoms. The van der Waals surface area contributed by atoms with Gasteiger partial charge in [-0.2, -0.15) is 0 Å². The molecule has 0 saturated carbocycles. The third kappa shape index (κ3) is 7.63. The molecule has 0 aromatic rings. The van der Waals surface area contributed by atoms with Crippen molar-refractivity contribution in [2.45, 2.75) is 173 Å². The van der Waals surface area contributed by atoms with Gasteiger partial charge in [0.1, 0.15) is 12.2 Å². The van der Waals surface area contributed by atoms with Crippen LogP contribution in [0.15, 0.2) is 0 Å². The summed E-state index contributed by atoms with van der Waals surface area (Å²) >= 11 is 0. The van der Waals surface area contributed by atoms with Crippen molar-refractivity contribution in [1.29, 1.82) is 0 Å². The Morgan fingerprint density at radius 3 is 2.11 bits per heavy atom. The Labute approximate surface area is 275 Å². The van der Waals surface area contributed by atoms with Crippen LogP contribution < -0.4 is 0 Å². The van der Waals surface area contributed by atoms with Crippen molar-refractivity contribution < 1.29 is 53.6 Å².